The summed E-state index contributed by atoms with van der Waals surface area (Å²) in [6, 6.07) is 13.9. The average molecular weight is 491 g/mol. The summed E-state index contributed by atoms with van der Waals surface area (Å²) in [6.07, 6.45) is 12.7. The van der Waals surface area contributed by atoms with E-state index in [1.165, 1.54) is 5.57 Å². The largest absolute Gasteiger partial charge is 0.508 e. The zero-order chi connectivity index (χ0) is 24.0. The number of aliphatic hydroxyl groups is 1. The lowest BCUT2D eigenvalue weighted by atomic mass is 9.80. The van der Waals surface area contributed by atoms with Crippen molar-refractivity contribution in [2.75, 3.05) is 6.54 Å². The summed E-state index contributed by atoms with van der Waals surface area (Å²) in [4.78, 5) is 7.13. The molecule has 0 aromatic heterocycles. The Morgan fingerprint density at radius 3 is 2.63 bits per heavy atom. The van der Waals surface area contributed by atoms with Crippen molar-refractivity contribution in [2.24, 2.45) is 10.9 Å². The topological polar surface area (TPSA) is 65.3 Å². The Labute approximate surface area is 211 Å². The van der Waals surface area contributed by atoms with Crippen LogP contribution in [0.15, 0.2) is 71.4 Å². The van der Waals surface area contributed by atoms with Crippen LogP contribution in [-0.4, -0.2) is 39.6 Å². The first-order chi connectivity index (χ1) is 17.0. The van der Waals surface area contributed by atoms with Gasteiger partial charge in [0.15, 0.2) is 0 Å². The third kappa shape index (κ3) is 4.31. The van der Waals surface area contributed by atoms with Crippen molar-refractivity contribution in [2.45, 2.75) is 62.6 Å². The molecule has 4 heterocycles. The maximum Gasteiger partial charge on any atom is 0.202 e. The standard InChI is InChI=1S/C29H31ClN2O3/c30-21-8-6-20(7-9-21)29(34)17-22-10-11-23(18-29)32(22)16-2-3-19-14-15-31-28-24(19)12-13-25-26(33)4-1-5-27(25)35-28/h1,3-9,14-15,22-24,33-34H,2,10-13,16-18H2. The molecular weight excluding hydrogens is 460 g/mol. The van der Waals surface area contributed by atoms with E-state index in [0.29, 0.717) is 34.5 Å². The number of hydrogen-bond donors (Lipinski definition) is 2. The number of phenolic OH excluding ortho intramolecular Hbond substituents is 1. The molecule has 35 heavy (non-hydrogen) atoms. The first-order valence-electron chi connectivity index (χ1n) is 12.7. The minimum absolute atomic E-state index is 0.111. The van der Waals surface area contributed by atoms with Crippen molar-refractivity contribution in [1.82, 2.24) is 4.90 Å². The molecule has 6 heteroatoms. The number of rotatable bonds is 4. The van der Waals surface area contributed by atoms with E-state index < -0.39 is 5.60 Å². The molecule has 2 aromatic rings. The van der Waals surface area contributed by atoms with Gasteiger partial charge >= 0.3 is 0 Å². The van der Waals surface area contributed by atoms with E-state index in [4.69, 9.17) is 16.3 Å². The second-order valence-corrected chi connectivity index (χ2v) is 10.7. The molecule has 0 amide bonds. The Hall–Kier alpha value is -2.60. The highest BCUT2D eigenvalue weighted by Gasteiger charge is 2.47. The van der Waals surface area contributed by atoms with Crippen molar-refractivity contribution in [3.8, 4) is 11.5 Å². The molecule has 0 radical (unpaired) electrons. The van der Waals surface area contributed by atoms with Crippen LogP contribution in [0.5, 0.6) is 11.5 Å². The smallest absolute Gasteiger partial charge is 0.202 e. The molecular formula is C29H31ClN2O3. The third-order valence-corrected chi connectivity index (χ3v) is 8.49. The van der Waals surface area contributed by atoms with Gasteiger partial charge in [-0.15, -0.1) is 0 Å². The summed E-state index contributed by atoms with van der Waals surface area (Å²) in [6.45, 7) is 0.991. The zero-order valence-electron chi connectivity index (χ0n) is 19.7. The van der Waals surface area contributed by atoms with Crippen molar-refractivity contribution in [3.05, 3.63) is 82.5 Å². The number of aliphatic imine (C=N–C) groups is 1. The van der Waals surface area contributed by atoms with Crippen LogP contribution in [0.2, 0.25) is 5.02 Å². The average Bonchev–Trinajstić information content (AvgIpc) is 3.00. The highest BCUT2D eigenvalue weighted by atomic mass is 35.5. The van der Waals surface area contributed by atoms with Crippen molar-refractivity contribution >= 4 is 17.5 Å². The highest BCUT2D eigenvalue weighted by Crippen LogP contribution is 2.46. The first-order valence-corrected chi connectivity index (χ1v) is 13.1. The number of ether oxygens (including phenoxy) is 1. The Bertz CT molecular complexity index is 1190. The highest BCUT2D eigenvalue weighted by molar-refractivity contribution is 6.30. The number of aromatic hydroxyl groups is 1. The van der Waals surface area contributed by atoms with Crippen LogP contribution in [0.3, 0.4) is 0 Å². The summed E-state index contributed by atoms with van der Waals surface area (Å²) in [5.74, 6) is 1.83. The Morgan fingerprint density at radius 2 is 1.86 bits per heavy atom. The van der Waals surface area contributed by atoms with Crippen LogP contribution in [0.1, 0.15) is 49.7 Å². The van der Waals surface area contributed by atoms with Crippen molar-refractivity contribution < 1.29 is 14.9 Å². The van der Waals surface area contributed by atoms with Gasteiger partial charge in [-0.3, -0.25) is 4.90 Å². The number of benzene rings is 2. The van der Waals surface area contributed by atoms with E-state index >= 15 is 0 Å². The predicted octanol–water partition coefficient (Wildman–Crippen LogP) is 5.74. The molecule has 3 unspecified atom stereocenters. The lowest BCUT2D eigenvalue weighted by Crippen LogP contribution is -2.49. The molecule has 0 aliphatic carbocycles. The van der Waals surface area contributed by atoms with Gasteiger partial charge in [0.2, 0.25) is 5.90 Å². The van der Waals surface area contributed by atoms with Crippen LogP contribution >= 0.6 is 11.6 Å². The lowest BCUT2D eigenvalue weighted by Gasteiger charge is -2.44. The van der Waals surface area contributed by atoms with E-state index in [2.05, 4.69) is 22.0 Å². The number of fused-ring (bicyclic) bond motifs is 4. The summed E-state index contributed by atoms with van der Waals surface area (Å²) in [5.41, 5.74) is 2.33. The van der Waals surface area contributed by atoms with Gasteiger partial charge < -0.3 is 14.9 Å². The van der Waals surface area contributed by atoms with E-state index in [-0.39, 0.29) is 5.92 Å². The van der Waals surface area contributed by atoms with Gasteiger partial charge in [-0.05, 0) is 86.4 Å². The van der Waals surface area contributed by atoms with Crippen LogP contribution in [0.25, 0.3) is 0 Å². The van der Waals surface area contributed by atoms with Crippen LogP contribution in [0.4, 0.5) is 0 Å². The second-order valence-electron chi connectivity index (χ2n) is 10.3. The predicted molar refractivity (Wildman–Crippen MR) is 138 cm³/mol. The quantitative estimate of drug-likeness (QED) is 0.573. The van der Waals surface area contributed by atoms with Crippen molar-refractivity contribution in [1.29, 1.82) is 0 Å². The van der Waals surface area contributed by atoms with Gasteiger partial charge in [-0.1, -0.05) is 35.9 Å². The Balaban J connectivity index is 1.12. The Kier molecular flexibility index (Phi) is 5.95. The summed E-state index contributed by atoms with van der Waals surface area (Å²) >= 11 is 6.07. The number of allylic oxidation sites excluding steroid dienone is 1. The fourth-order valence-corrected chi connectivity index (χ4v) is 6.63. The van der Waals surface area contributed by atoms with E-state index in [9.17, 15) is 10.2 Å². The molecule has 182 valence electrons. The molecule has 0 spiro atoms. The third-order valence-electron chi connectivity index (χ3n) is 8.24. The molecule has 2 bridgehead atoms. The fourth-order valence-electron chi connectivity index (χ4n) is 6.50. The molecule has 2 saturated heterocycles. The van der Waals surface area contributed by atoms with E-state index in [1.54, 1.807) is 6.07 Å². The molecule has 2 fully saturated rings. The molecule has 2 aromatic carbocycles. The van der Waals surface area contributed by atoms with Gasteiger partial charge in [-0.25, -0.2) is 4.99 Å². The maximum atomic E-state index is 11.5. The molecule has 0 saturated carbocycles. The summed E-state index contributed by atoms with van der Waals surface area (Å²) < 4.78 is 6.14. The van der Waals surface area contributed by atoms with Crippen LogP contribution < -0.4 is 4.74 Å². The summed E-state index contributed by atoms with van der Waals surface area (Å²) in [7, 11) is 0. The SMILES string of the molecule is Oc1cccc2c1CCC1C(=CCCN3C4CCC3CC(O)(c3ccc(Cl)cc3)C4)C=CN=C1O2. The molecule has 2 N–H and O–H groups in total. The minimum Gasteiger partial charge on any atom is -0.508 e. The molecule has 4 aliphatic heterocycles. The van der Waals surface area contributed by atoms with Crippen LogP contribution in [0, 0.1) is 5.92 Å². The van der Waals surface area contributed by atoms with E-state index in [0.717, 1.165) is 62.6 Å². The number of hydrogen-bond acceptors (Lipinski definition) is 5. The number of piperidine rings is 1. The maximum absolute atomic E-state index is 11.5. The van der Waals surface area contributed by atoms with Gasteiger partial charge in [0.1, 0.15) is 11.5 Å². The normalized spacial score (nSPS) is 30.9. The molecule has 5 nitrogen and oxygen atoms in total. The van der Waals surface area contributed by atoms with Gasteiger partial charge in [-0.2, -0.15) is 0 Å². The Morgan fingerprint density at radius 1 is 1.09 bits per heavy atom. The minimum atomic E-state index is -0.763. The monoisotopic (exact) mass is 490 g/mol. The zero-order valence-corrected chi connectivity index (χ0v) is 20.5. The lowest BCUT2D eigenvalue weighted by molar-refractivity contribution is -0.0563. The van der Waals surface area contributed by atoms with E-state index in [1.807, 2.05) is 42.6 Å². The molecule has 6 rings (SSSR count). The summed E-state index contributed by atoms with van der Waals surface area (Å²) in [5, 5.41) is 22.4. The number of halogens is 1. The van der Waals surface area contributed by atoms with Gasteiger partial charge in [0.25, 0.3) is 0 Å². The van der Waals surface area contributed by atoms with Crippen molar-refractivity contribution in [3.63, 3.8) is 0 Å². The van der Waals surface area contributed by atoms with Gasteiger partial charge in [0, 0.05) is 35.4 Å². The number of phenols is 1. The number of nitrogens with zero attached hydrogens (tertiary/aromatic N) is 2. The molecule has 4 aliphatic rings. The van der Waals surface area contributed by atoms with Gasteiger partial charge in [0.05, 0.1) is 11.5 Å². The van der Waals surface area contributed by atoms with Crippen LogP contribution in [-0.2, 0) is 12.0 Å². The fraction of sp³-hybridized carbons (Fsp3) is 0.414. The molecule has 3 atom stereocenters. The second kappa shape index (κ2) is 9.12. The first kappa shape index (κ1) is 22.8.